The molecule has 2 bridgehead atoms. The molecule has 3 fully saturated rings. The molecule has 7 heteroatoms. The Labute approximate surface area is 148 Å². The first-order valence-corrected chi connectivity index (χ1v) is 8.93. The topological polar surface area (TPSA) is 78.0 Å². The van der Waals surface area contributed by atoms with Crippen LogP contribution in [0, 0.1) is 10.8 Å². The highest BCUT2D eigenvalue weighted by Gasteiger charge is 2.52. The van der Waals surface area contributed by atoms with Crippen molar-refractivity contribution >= 4 is 23.8 Å². The zero-order chi connectivity index (χ0) is 18.7. The summed E-state index contributed by atoms with van der Waals surface area (Å²) in [6, 6.07) is -0.951. The summed E-state index contributed by atoms with van der Waals surface area (Å²) < 4.78 is 0. The second-order valence-corrected chi connectivity index (χ2v) is 9.18. The molecule has 0 aromatic carbocycles. The number of likely N-dealkylation sites (tertiary alicyclic amines) is 1. The fraction of sp³-hybridized carbons (Fsp3) is 0.778. The second-order valence-electron chi connectivity index (χ2n) is 9.18. The van der Waals surface area contributed by atoms with Crippen molar-refractivity contribution in [2.24, 2.45) is 10.8 Å². The van der Waals surface area contributed by atoms with E-state index in [1.54, 1.807) is 13.8 Å². The highest BCUT2D eigenvalue weighted by Crippen LogP contribution is 2.52. The van der Waals surface area contributed by atoms with E-state index in [0.717, 1.165) is 29.1 Å². The molecule has 138 valence electrons. The van der Waals surface area contributed by atoms with E-state index in [2.05, 4.69) is 20.8 Å². The summed E-state index contributed by atoms with van der Waals surface area (Å²) in [4.78, 5) is 52.8. The minimum absolute atomic E-state index is 0.0842. The van der Waals surface area contributed by atoms with Crippen molar-refractivity contribution in [1.29, 1.82) is 0 Å². The van der Waals surface area contributed by atoms with Crippen molar-refractivity contribution < 1.29 is 19.2 Å². The number of nitrogens with zero attached hydrogens (tertiary/aromatic N) is 3. The third-order valence-electron chi connectivity index (χ3n) is 5.63. The number of carbonyl (C=O) groups is 4. The molecule has 2 aliphatic heterocycles. The molecule has 2 atom stereocenters. The van der Waals surface area contributed by atoms with Gasteiger partial charge in [-0.05, 0) is 43.9 Å². The third-order valence-corrected chi connectivity index (χ3v) is 5.63. The van der Waals surface area contributed by atoms with Crippen LogP contribution in [0.4, 0.5) is 4.79 Å². The van der Waals surface area contributed by atoms with E-state index >= 15 is 0 Å². The first-order valence-electron chi connectivity index (χ1n) is 8.93. The summed E-state index contributed by atoms with van der Waals surface area (Å²) in [7, 11) is 0. The summed E-state index contributed by atoms with van der Waals surface area (Å²) in [5, 5.41) is 0. The van der Waals surface area contributed by atoms with Crippen molar-refractivity contribution in [2.75, 3.05) is 13.1 Å². The SMILES string of the molecule is CC(C)N1C(=O)C(=O)N(CC(=O)N2C[C@]3(C)C[C@H]2CC(C)(C)C3)C1=O. The van der Waals surface area contributed by atoms with Gasteiger partial charge in [-0.1, -0.05) is 20.8 Å². The summed E-state index contributed by atoms with van der Waals surface area (Å²) >= 11 is 0. The van der Waals surface area contributed by atoms with Gasteiger partial charge in [0.25, 0.3) is 0 Å². The zero-order valence-electron chi connectivity index (χ0n) is 15.7. The monoisotopic (exact) mass is 349 g/mol. The van der Waals surface area contributed by atoms with Gasteiger partial charge in [0, 0.05) is 18.6 Å². The van der Waals surface area contributed by atoms with Crippen LogP contribution in [0.3, 0.4) is 0 Å². The third kappa shape index (κ3) is 2.93. The normalized spacial score (nSPS) is 31.5. The minimum atomic E-state index is -0.902. The molecule has 0 unspecified atom stereocenters. The molecule has 25 heavy (non-hydrogen) atoms. The second kappa shape index (κ2) is 5.54. The first kappa shape index (κ1) is 17.9. The molecular weight excluding hydrogens is 322 g/mol. The Morgan fingerprint density at radius 2 is 1.76 bits per heavy atom. The number of carbonyl (C=O) groups excluding carboxylic acids is 4. The Kier molecular flexibility index (Phi) is 3.96. The zero-order valence-corrected chi connectivity index (χ0v) is 15.7. The fourth-order valence-corrected chi connectivity index (χ4v) is 5.09. The Balaban J connectivity index is 1.74. The molecule has 0 aromatic rings. The predicted octanol–water partition coefficient (Wildman–Crippen LogP) is 1.61. The molecule has 3 aliphatic rings. The minimum Gasteiger partial charge on any atom is -0.338 e. The van der Waals surface area contributed by atoms with Crippen LogP contribution in [0.15, 0.2) is 0 Å². The van der Waals surface area contributed by atoms with Gasteiger partial charge in [0.1, 0.15) is 6.54 Å². The molecule has 1 aliphatic carbocycles. The molecule has 0 radical (unpaired) electrons. The van der Waals surface area contributed by atoms with E-state index in [9.17, 15) is 19.2 Å². The fourth-order valence-electron chi connectivity index (χ4n) is 5.09. The van der Waals surface area contributed by atoms with E-state index in [-0.39, 0.29) is 29.3 Å². The molecule has 7 nitrogen and oxygen atoms in total. The molecule has 0 spiro atoms. The summed E-state index contributed by atoms with van der Waals surface area (Å²) in [6.45, 7) is 10.3. The number of fused-ring (bicyclic) bond motifs is 2. The number of hydrogen-bond donors (Lipinski definition) is 0. The molecule has 2 heterocycles. The number of amides is 5. The lowest BCUT2D eigenvalue weighted by molar-refractivity contribution is -0.145. The van der Waals surface area contributed by atoms with Gasteiger partial charge in [0.2, 0.25) is 5.91 Å². The molecule has 1 saturated carbocycles. The van der Waals surface area contributed by atoms with E-state index in [4.69, 9.17) is 0 Å². The van der Waals surface area contributed by atoms with Crippen LogP contribution in [0.2, 0.25) is 0 Å². The number of imide groups is 2. The Morgan fingerprint density at radius 3 is 2.32 bits per heavy atom. The van der Waals surface area contributed by atoms with Crippen molar-refractivity contribution in [3.63, 3.8) is 0 Å². The van der Waals surface area contributed by atoms with Crippen LogP contribution in [0.25, 0.3) is 0 Å². The van der Waals surface area contributed by atoms with Crippen molar-refractivity contribution in [3.05, 3.63) is 0 Å². The average Bonchev–Trinajstić information content (AvgIpc) is 2.82. The van der Waals surface area contributed by atoms with Crippen LogP contribution in [-0.2, 0) is 14.4 Å². The van der Waals surface area contributed by atoms with Crippen LogP contribution in [-0.4, -0.2) is 63.6 Å². The lowest BCUT2D eigenvalue weighted by Crippen LogP contribution is -2.46. The standard InChI is InChI=1S/C18H27N3O4/c1-11(2)21-15(24)14(23)19(16(21)25)8-13(22)20-10-18(5)7-12(20)6-17(3,4)9-18/h11-12H,6-10H2,1-5H3/t12-,18-/m1/s1. The first-order chi connectivity index (χ1) is 11.4. The molecular formula is C18H27N3O4. The van der Waals surface area contributed by atoms with Crippen molar-refractivity contribution in [3.8, 4) is 0 Å². The van der Waals surface area contributed by atoms with Gasteiger partial charge in [-0.25, -0.2) is 9.69 Å². The van der Waals surface area contributed by atoms with Crippen molar-refractivity contribution in [1.82, 2.24) is 14.7 Å². The van der Waals surface area contributed by atoms with Gasteiger partial charge in [0.15, 0.2) is 0 Å². The van der Waals surface area contributed by atoms with Gasteiger partial charge in [-0.2, -0.15) is 0 Å². The number of hydrogen-bond acceptors (Lipinski definition) is 4. The summed E-state index contributed by atoms with van der Waals surface area (Å²) in [5.41, 5.74) is 0.261. The summed E-state index contributed by atoms with van der Waals surface area (Å²) in [6.07, 6.45) is 2.94. The van der Waals surface area contributed by atoms with Gasteiger partial charge in [-0.3, -0.25) is 19.3 Å². The van der Waals surface area contributed by atoms with Gasteiger partial charge < -0.3 is 4.90 Å². The molecule has 0 N–H and O–H groups in total. The maximum absolute atomic E-state index is 12.8. The van der Waals surface area contributed by atoms with Crippen LogP contribution >= 0.6 is 0 Å². The van der Waals surface area contributed by atoms with Gasteiger partial charge in [-0.15, -0.1) is 0 Å². The quantitative estimate of drug-likeness (QED) is 0.573. The smallest absolute Gasteiger partial charge is 0.334 e. The lowest BCUT2D eigenvalue weighted by atomic mass is 9.65. The van der Waals surface area contributed by atoms with E-state index < -0.39 is 23.9 Å². The van der Waals surface area contributed by atoms with Crippen LogP contribution in [0.5, 0.6) is 0 Å². The summed E-state index contributed by atoms with van der Waals surface area (Å²) in [5.74, 6) is -1.99. The highest BCUT2D eigenvalue weighted by atomic mass is 16.2. The molecule has 3 rings (SSSR count). The Bertz CT molecular complexity index is 657. The number of urea groups is 1. The molecule has 0 aromatic heterocycles. The van der Waals surface area contributed by atoms with E-state index in [1.807, 2.05) is 4.90 Å². The maximum atomic E-state index is 12.8. The molecule has 2 saturated heterocycles. The highest BCUT2D eigenvalue weighted by molar-refractivity contribution is 6.45. The molecule has 5 amide bonds. The van der Waals surface area contributed by atoms with Gasteiger partial charge >= 0.3 is 17.8 Å². The van der Waals surface area contributed by atoms with Crippen molar-refractivity contribution in [2.45, 2.75) is 66.0 Å². The Morgan fingerprint density at radius 1 is 1.12 bits per heavy atom. The maximum Gasteiger partial charge on any atom is 0.334 e. The number of rotatable bonds is 3. The van der Waals surface area contributed by atoms with Crippen LogP contribution in [0.1, 0.15) is 53.9 Å². The van der Waals surface area contributed by atoms with E-state index in [0.29, 0.717) is 6.54 Å². The largest absolute Gasteiger partial charge is 0.338 e. The average molecular weight is 349 g/mol. The van der Waals surface area contributed by atoms with E-state index in [1.165, 1.54) is 0 Å². The van der Waals surface area contributed by atoms with Crippen LogP contribution < -0.4 is 0 Å². The predicted molar refractivity (Wildman–Crippen MR) is 90.3 cm³/mol. The van der Waals surface area contributed by atoms with Gasteiger partial charge in [0.05, 0.1) is 0 Å². The Hall–Kier alpha value is -1.92. The lowest BCUT2D eigenvalue weighted by Gasteiger charge is -2.39.